The van der Waals surface area contributed by atoms with Gasteiger partial charge >= 0.3 is 0 Å². The van der Waals surface area contributed by atoms with E-state index in [2.05, 4.69) is 55.4 Å². The van der Waals surface area contributed by atoms with Crippen molar-refractivity contribution in [1.82, 2.24) is 9.55 Å². The zero-order valence-electron chi connectivity index (χ0n) is 12.0. The molecule has 0 radical (unpaired) electrons. The van der Waals surface area contributed by atoms with Crippen molar-refractivity contribution in [2.24, 2.45) is 0 Å². The van der Waals surface area contributed by atoms with Crippen molar-refractivity contribution in [3.05, 3.63) is 30.1 Å². The number of hydrogen-bond acceptors (Lipinski definition) is 1. The zero-order valence-corrected chi connectivity index (χ0v) is 12.0. The summed E-state index contributed by atoms with van der Waals surface area (Å²) in [6.45, 7) is 9.01. The second-order valence-corrected chi connectivity index (χ2v) is 5.55. The maximum Gasteiger partial charge on any atom is 0.0960 e. The van der Waals surface area contributed by atoms with Gasteiger partial charge in [-0.3, -0.25) is 0 Å². The van der Waals surface area contributed by atoms with Crippen LogP contribution in [0, 0.1) is 0 Å². The van der Waals surface area contributed by atoms with Gasteiger partial charge in [0.1, 0.15) is 0 Å². The summed E-state index contributed by atoms with van der Waals surface area (Å²) in [6.07, 6.45) is 5.77. The maximum absolute atomic E-state index is 4.51. The van der Waals surface area contributed by atoms with E-state index in [0.717, 1.165) is 5.52 Å². The third-order valence-electron chi connectivity index (χ3n) is 3.72. The molecule has 0 amide bonds. The van der Waals surface area contributed by atoms with Gasteiger partial charge in [0.25, 0.3) is 0 Å². The first kappa shape index (κ1) is 13.1. The number of fused-ring (bicyclic) bond motifs is 1. The summed E-state index contributed by atoms with van der Waals surface area (Å²) < 4.78 is 2.33. The van der Waals surface area contributed by atoms with Gasteiger partial charge in [-0.1, -0.05) is 39.7 Å². The molecule has 0 saturated carbocycles. The molecule has 0 bridgehead atoms. The van der Waals surface area contributed by atoms with Crippen molar-refractivity contribution in [2.75, 3.05) is 0 Å². The van der Waals surface area contributed by atoms with Crippen LogP contribution in [0.4, 0.5) is 0 Å². The molecular formula is C16H24N2. The lowest BCUT2D eigenvalue weighted by Gasteiger charge is -2.14. The van der Waals surface area contributed by atoms with Crippen molar-refractivity contribution in [1.29, 1.82) is 0 Å². The number of imidazole rings is 1. The first-order valence-electron chi connectivity index (χ1n) is 7.10. The van der Waals surface area contributed by atoms with Gasteiger partial charge in [-0.15, -0.1) is 0 Å². The second kappa shape index (κ2) is 5.55. The highest BCUT2D eigenvalue weighted by atomic mass is 15.1. The highest BCUT2D eigenvalue weighted by Gasteiger charge is 2.10. The fourth-order valence-corrected chi connectivity index (χ4v) is 2.39. The van der Waals surface area contributed by atoms with Gasteiger partial charge < -0.3 is 4.57 Å². The first-order chi connectivity index (χ1) is 8.63. The van der Waals surface area contributed by atoms with Gasteiger partial charge in [0.05, 0.1) is 17.4 Å². The largest absolute Gasteiger partial charge is 0.328 e. The fourth-order valence-electron chi connectivity index (χ4n) is 2.39. The van der Waals surface area contributed by atoms with Crippen LogP contribution in [0.2, 0.25) is 0 Å². The Morgan fingerprint density at radius 1 is 1.22 bits per heavy atom. The number of hydrogen-bond donors (Lipinski definition) is 0. The number of unbranched alkanes of at least 4 members (excludes halogenated alkanes) is 1. The third kappa shape index (κ3) is 2.58. The number of benzene rings is 1. The summed E-state index contributed by atoms with van der Waals surface area (Å²) in [5.41, 5.74) is 3.79. The predicted octanol–water partition coefficient (Wildman–Crippen LogP) is 4.91. The predicted molar refractivity (Wildman–Crippen MR) is 78.1 cm³/mol. The summed E-state index contributed by atoms with van der Waals surface area (Å²) in [7, 11) is 0. The van der Waals surface area contributed by atoms with E-state index in [-0.39, 0.29) is 0 Å². The van der Waals surface area contributed by atoms with E-state index in [1.807, 2.05) is 6.33 Å². The molecule has 2 nitrogen and oxygen atoms in total. The van der Waals surface area contributed by atoms with Crippen molar-refractivity contribution in [2.45, 2.75) is 58.9 Å². The Morgan fingerprint density at radius 2 is 2.00 bits per heavy atom. The van der Waals surface area contributed by atoms with E-state index >= 15 is 0 Å². The van der Waals surface area contributed by atoms with Crippen molar-refractivity contribution < 1.29 is 0 Å². The normalized spacial score (nSPS) is 13.4. The molecule has 0 N–H and O–H groups in total. The summed E-state index contributed by atoms with van der Waals surface area (Å²) >= 11 is 0. The molecule has 2 heteroatoms. The van der Waals surface area contributed by atoms with Crippen molar-refractivity contribution in [3.63, 3.8) is 0 Å². The lowest BCUT2D eigenvalue weighted by Crippen LogP contribution is -2.03. The highest BCUT2D eigenvalue weighted by molar-refractivity contribution is 5.76. The lowest BCUT2D eigenvalue weighted by atomic mass is 10.0. The van der Waals surface area contributed by atoms with Crippen molar-refractivity contribution in [3.8, 4) is 0 Å². The summed E-state index contributed by atoms with van der Waals surface area (Å²) in [5.74, 6) is 0.573. The third-order valence-corrected chi connectivity index (χ3v) is 3.72. The fraction of sp³-hybridized carbons (Fsp3) is 0.562. The van der Waals surface area contributed by atoms with Gasteiger partial charge in [-0.2, -0.15) is 0 Å². The number of rotatable bonds is 5. The van der Waals surface area contributed by atoms with Gasteiger partial charge in [0.15, 0.2) is 0 Å². The molecule has 18 heavy (non-hydrogen) atoms. The second-order valence-electron chi connectivity index (χ2n) is 5.55. The molecule has 0 fully saturated rings. The van der Waals surface area contributed by atoms with Gasteiger partial charge in [-0.25, -0.2) is 4.98 Å². The summed E-state index contributed by atoms with van der Waals surface area (Å²) in [5, 5.41) is 0. The van der Waals surface area contributed by atoms with Crippen LogP contribution in [0.1, 0.15) is 64.5 Å². The Kier molecular flexibility index (Phi) is 4.05. The molecular weight excluding hydrogens is 220 g/mol. The smallest absolute Gasteiger partial charge is 0.0960 e. The Bertz CT molecular complexity index is 511. The van der Waals surface area contributed by atoms with Crippen molar-refractivity contribution >= 4 is 11.0 Å². The van der Waals surface area contributed by atoms with Crippen LogP contribution in [-0.4, -0.2) is 9.55 Å². The molecule has 1 heterocycles. The van der Waals surface area contributed by atoms with Crippen LogP contribution >= 0.6 is 0 Å². The molecule has 1 unspecified atom stereocenters. The molecule has 1 atom stereocenters. The minimum absolute atomic E-state index is 0.539. The zero-order chi connectivity index (χ0) is 13.1. The standard InChI is InChI=1S/C16H24N2/c1-5-6-7-13(4)18-11-17-15-9-8-14(12(2)3)10-16(15)18/h8-13H,5-7H2,1-4H3. The van der Waals surface area contributed by atoms with Crippen LogP contribution in [-0.2, 0) is 0 Å². The average Bonchev–Trinajstić information content (AvgIpc) is 2.78. The van der Waals surface area contributed by atoms with Gasteiger partial charge in [0.2, 0.25) is 0 Å². The minimum Gasteiger partial charge on any atom is -0.328 e. The Balaban J connectivity index is 2.35. The van der Waals surface area contributed by atoms with Crippen LogP contribution in [0.5, 0.6) is 0 Å². The van der Waals surface area contributed by atoms with E-state index in [0.29, 0.717) is 12.0 Å². The summed E-state index contributed by atoms with van der Waals surface area (Å²) in [6, 6.07) is 7.18. The molecule has 1 aromatic carbocycles. The lowest BCUT2D eigenvalue weighted by molar-refractivity contribution is 0.495. The number of nitrogens with zero attached hydrogens (tertiary/aromatic N) is 2. The molecule has 0 aliphatic heterocycles. The molecule has 1 aromatic heterocycles. The SMILES string of the molecule is CCCCC(C)n1cnc2ccc(C(C)C)cc21. The van der Waals surface area contributed by atoms with Gasteiger partial charge in [0, 0.05) is 6.04 Å². The molecule has 0 spiro atoms. The van der Waals surface area contributed by atoms with Crippen LogP contribution in [0.25, 0.3) is 11.0 Å². The van der Waals surface area contributed by atoms with Crippen LogP contribution < -0.4 is 0 Å². The molecule has 2 aromatic rings. The molecule has 0 saturated heterocycles. The van der Waals surface area contributed by atoms with E-state index in [4.69, 9.17) is 0 Å². The Hall–Kier alpha value is -1.31. The Morgan fingerprint density at radius 3 is 2.67 bits per heavy atom. The van der Waals surface area contributed by atoms with E-state index in [9.17, 15) is 0 Å². The maximum atomic E-state index is 4.51. The highest BCUT2D eigenvalue weighted by Crippen LogP contribution is 2.25. The molecule has 0 aliphatic carbocycles. The van der Waals surface area contributed by atoms with Crippen LogP contribution in [0.3, 0.4) is 0 Å². The Labute approximate surface area is 110 Å². The molecule has 98 valence electrons. The monoisotopic (exact) mass is 244 g/mol. The van der Waals surface area contributed by atoms with E-state index in [1.165, 1.54) is 30.3 Å². The van der Waals surface area contributed by atoms with Gasteiger partial charge in [-0.05, 0) is 37.0 Å². The van der Waals surface area contributed by atoms with E-state index < -0.39 is 0 Å². The number of aromatic nitrogens is 2. The minimum atomic E-state index is 0.539. The topological polar surface area (TPSA) is 17.8 Å². The van der Waals surface area contributed by atoms with Crippen LogP contribution in [0.15, 0.2) is 24.5 Å². The average molecular weight is 244 g/mol. The molecule has 2 rings (SSSR count). The van der Waals surface area contributed by atoms with E-state index in [1.54, 1.807) is 0 Å². The molecule has 0 aliphatic rings. The quantitative estimate of drug-likeness (QED) is 0.730. The first-order valence-corrected chi connectivity index (χ1v) is 7.10. The summed E-state index contributed by atoms with van der Waals surface area (Å²) in [4.78, 5) is 4.51.